The molecule has 1 rings (SSSR count). The molecule has 1 aromatic rings. The molecule has 9 nitrogen and oxygen atoms in total. The van der Waals surface area contributed by atoms with E-state index in [1.807, 2.05) is 0 Å². The number of aromatic nitrogens is 2. The van der Waals surface area contributed by atoms with Gasteiger partial charge in [0.15, 0.2) is 0 Å². The molecule has 0 aliphatic carbocycles. The quantitative estimate of drug-likeness (QED) is 0.278. The monoisotopic (exact) mass is 477 g/mol. The van der Waals surface area contributed by atoms with Crippen molar-refractivity contribution in [2.24, 2.45) is 0 Å². The Morgan fingerprint density at radius 2 is 1.38 bits per heavy atom. The highest BCUT2D eigenvalue weighted by atomic mass is 16.6. The number of hydrogen-bond donors (Lipinski definition) is 0. The van der Waals surface area contributed by atoms with Crippen LogP contribution in [0.1, 0.15) is 93.7 Å². The average molecular weight is 478 g/mol. The summed E-state index contributed by atoms with van der Waals surface area (Å²) in [5.74, 6) is 2.35. The fourth-order valence-corrected chi connectivity index (χ4v) is 2.70. The minimum absolute atomic E-state index is 0.253. The summed E-state index contributed by atoms with van der Waals surface area (Å²) in [6.45, 7) is 15.1. The lowest BCUT2D eigenvalue weighted by molar-refractivity contribution is 0.0423. The third-order valence-corrected chi connectivity index (χ3v) is 3.93. The number of aryl methyl sites for hydroxylation is 1. The number of amides is 2. The third-order valence-electron chi connectivity index (χ3n) is 3.93. The van der Waals surface area contributed by atoms with Gasteiger partial charge in [-0.2, -0.15) is 0 Å². The van der Waals surface area contributed by atoms with Crippen LogP contribution in [0, 0.1) is 12.3 Å². The average Bonchev–Trinajstić information content (AvgIpc) is 3.01. The van der Waals surface area contributed by atoms with Gasteiger partial charge in [0.1, 0.15) is 16.8 Å². The zero-order valence-electron chi connectivity index (χ0n) is 22.0. The van der Waals surface area contributed by atoms with E-state index in [0.29, 0.717) is 23.4 Å². The predicted octanol–water partition coefficient (Wildman–Crippen LogP) is 6.08. The molecule has 0 aliphatic rings. The fraction of sp³-hybridized carbons (Fsp3) is 0.680. The Hall–Kier alpha value is -3.02. The second-order valence-electron chi connectivity index (χ2n) is 10.9. The summed E-state index contributed by atoms with van der Waals surface area (Å²) in [5.41, 5.74) is -2.10. The van der Waals surface area contributed by atoms with Crippen LogP contribution in [0.25, 0.3) is 0 Å². The standard InChI is InChI=1S/C25H39N3O6/c1-11-12-13-14-15-16-18-17-27(20(29)32-23(2,3)4)19(26-18)28(21(30)33-24(5,6)7)22(31)34-25(8,9)10/h1,17H,12-16H2,2-10H3. The molecule has 0 saturated carbocycles. The number of nitrogens with zero attached hydrogens (tertiary/aromatic N) is 3. The highest BCUT2D eigenvalue weighted by Crippen LogP contribution is 2.24. The second kappa shape index (κ2) is 11.4. The highest BCUT2D eigenvalue weighted by Gasteiger charge is 2.37. The van der Waals surface area contributed by atoms with E-state index < -0.39 is 35.1 Å². The van der Waals surface area contributed by atoms with Crippen LogP contribution in [0.5, 0.6) is 0 Å². The zero-order valence-corrected chi connectivity index (χ0v) is 22.0. The lowest BCUT2D eigenvalue weighted by Crippen LogP contribution is -2.45. The molecular weight excluding hydrogens is 438 g/mol. The Morgan fingerprint density at radius 1 is 0.882 bits per heavy atom. The molecule has 0 aromatic carbocycles. The van der Waals surface area contributed by atoms with Gasteiger partial charge < -0.3 is 14.2 Å². The third kappa shape index (κ3) is 10.3. The zero-order chi connectivity index (χ0) is 26.3. The summed E-state index contributed by atoms with van der Waals surface area (Å²) < 4.78 is 17.4. The van der Waals surface area contributed by atoms with Crippen molar-refractivity contribution in [3.05, 3.63) is 11.9 Å². The maximum Gasteiger partial charge on any atom is 0.427 e. The van der Waals surface area contributed by atoms with E-state index in [1.165, 1.54) is 6.20 Å². The first-order valence-electron chi connectivity index (χ1n) is 11.4. The van der Waals surface area contributed by atoms with Gasteiger partial charge >= 0.3 is 18.3 Å². The van der Waals surface area contributed by atoms with E-state index in [0.717, 1.165) is 23.8 Å². The molecule has 34 heavy (non-hydrogen) atoms. The van der Waals surface area contributed by atoms with Crippen LogP contribution >= 0.6 is 0 Å². The van der Waals surface area contributed by atoms with Gasteiger partial charge in [-0.25, -0.2) is 23.9 Å². The van der Waals surface area contributed by atoms with E-state index in [-0.39, 0.29) is 5.95 Å². The smallest absolute Gasteiger partial charge is 0.427 e. The second-order valence-corrected chi connectivity index (χ2v) is 10.9. The van der Waals surface area contributed by atoms with Gasteiger partial charge in [-0.3, -0.25) is 0 Å². The van der Waals surface area contributed by atoms with Crippen LogP contribution in [0.2, 0.25) is 0 Å². The molecule has 0 spiro atoms. The number of carbonyl (C=O) groups is 3. The first-order valence-corrected chi connectivity index (χ1v) is 11.4. The van der Waals surface area contributed by atoms with E-state index in [4.69, 9.17) is 20.6 Å². The lowest BCUT2D eigenvalue weighted by Gasteiger charge is -2.28. The number of imide groups is 1. The number of carbonyl (C=O) groups excluding carboxylic acids is 3. The Balaban J connectivity index is 3.46. The van der Waals surface area contributed by atoms with Crippen molar-refractivity contribution in [3.63, 3.8) is 0 Å². The Bertz CT molecular complexity index is 879. The summed E-state index contributed by atoms with van der Waals surface area (Å²) >= 11 is 0. The lowest BCUT2D eigenvalue weighted by atomic mass is 10.1. The van der Waals surface area contributed by atoms with Crippen LogP contribution in [0.15, 0.2) is 6.20 Å². The van der Waals surface area contributed by atoms with Crippen molar-refractivity contribution < 1.29 is 28.6 Å². The van der Waals surface area contributed by atoms with Gasteiger partial charge in [0, 0.05) is 12.6 Å². The number of terminal acetylenes is 1. The van der Waals surface area contributed by atoms with Crippen molar-refractivity contribution in [2.75, 3.05) is 4.90 Å². The summed E-state index contributed by atoms with van der Waals surface area (Å²) in [6.07, 6.45) is 7.66. The molecule has 0 radical (unpaired) electrons. The fourth-order valence-electron chi connectivity index (χ4n) is 2.70. The SMILES string of the molecule is C#CCCCCCc1cn(C(=O)OC(C)(C)C)c(N(C(=O)OC(C)(C)C)C(=O)OC(C)(C)C)n1. The number of imidazole rings is 1. The molecule has 190 valence electrons. The molecule has 2 amide bonds. The normalized spacial score (nSPS) is 12.0. The first-order chi connectivity index (χ1) is 15.4. The van der Waals surface area contributed by atoms with Gasteiger partial charge in [0.25, 0.3) is 0 Å². The molecule has 1 aromatic heterocycles. The topological polar surface area (TPSA) is 100.0 Å². The largest absolute Gasteiger partial charge is 0.443 e. The molecule has 0 unspecified atom stereocenters. The predicted molar refractivity (Wildman–Crippen MR) is 130 cm³/mol. The van der Waals surface area contributed by atoms with Gasteiger partial charge in [-0.1, -0.05) is 6.42 Å². The van der Waals surface area contributed by atoms with Crippen molar-refractivity contribution in [1.29, 1.82) is 0 Å². The molecule has 0 saturated heterocycles. The maximum atomic E-state index is 13.1. The van der Waals surface area contributed by atoms with Crippen LogP contribution in [0.3, 0.4) is 0 Å². The number of anilines is 1. The number of unbranched alkanes of at least 4 members (excludes halogenated alkanes) is 3. The van der Waals surface area contributed by atoms with Crippen molar-refractivity contribution in [1.82, 2.24) is 9.55 Å². The van der Waals surface area contributed by atoms with Crippen LogP contribution in [-0.2, 0) is 20.6 Å². The Kier molecular flexibility index (Phi) is 9.73. The Morgan fingerprint density at radius 3 is 1.82 bits per heavy atom. The Labute approximate surface area is 203 Å². The molecule has 1 heterocycles. The van der Waals surface area contributed by atoms with Crippen LogP contribution in [-0.4, -0.2) is 44.6 Å². The van der Waals surface area contributed by atoms with Crippen molar-refractivity contribution in [3.8, 4) is 12.3 Å². The summed E-state index contributed by atoms with van der Waals surface area (Å²) in [6, 6.07) is 0. The van der Waals surface area contributed by atoms with Crippen LogP contribution < -0.4 is 4.90 Å². The minimum Gasteiger partial charge on any atom is -0.443 e. The van der Waals surface area contributed by atoms with E-state index in [1.54, 1.807) is 62.3 Å². The number of ether oxygens (including phenoxy) is 3. The van der Waals surface area contributed by atoms with Gasteiger partial charge in [-0.05, 0) is 81.6 Å². The minimum atomic E-state index is -1.02. The number of hydrogen-bond acceptors (Lipinski definition) is 7. The van der Waals surface area contributed by atoms with Gasteiger partial charge in [0.2, 0.25) is 5.95 Å². The molecule has 9 heteroatoms. The van der Waals surface area contributed by atoms with Crippen molar-refractivity contribution in [2.45, 2.75) is 111 Å². The highest BCUT2D eigenvalue weighted by molar-refractivity contribution is 6.09. The molecule has 0 bridgehead atoms. The van der Waals surface area contributed by atoms with E-state index >= 15 is 0 Å². The van der Waals surface area contributed by atoms with E-state index in [9.17, 15) is 14.4 Å². The van der Waals surface area contributed by atoms with Crippen molar-refractivity contribution >= 4 is 24.2 Å². The number of rotatable bonds is 6. The molecule has 0 N–H and O–H groups in total. The summed E-state index contributed by atoms with van der Waals surface area (Å²) in [5, 5.41) is 0. The van der Waals surface area contributed by atoms with E-state index in [2.05, 4.69) is 10.9 Å². The molecule has 0 atom stereocenters. The molecular formula is C25H39N3O6. The molecule has 0 fully saturated rings. The maximum absolute atomic E-state index is 13.1. The molecule has 0 aliphatic heterocycles. The summed E-state index contributed by atoms with van der Waals surface area (Å²) in [4.78, 5) is 44.2. The van der Waals surface area contributed by atoms with Gasteiger partial charge in [0.05, 0.1) is 5.69 Å². The van der Waals surface area contributed by atoms with Crippen LogP contribution in [0.4, 0.5) is 20.3 Å². The summed E-state index contributed by atoms with van der Waals surface area (Å²) in [7, 11) is 0. The van der Waals surface area contributed by atoms with Gasteiger partial charge in [-0.15, -0.1) is 17.2 Å². The first kappa shape index (κ1) is 29.0.